The van der Waals surface area contributed by atoms with Crippen LogP contribution in [0.4, 0.5) is 0 Å². The number of hydrogen-bond acceptors (Lipinski definition) is 2. The van der Waals surface area contributed by atoms with E-state index in [1.807, 2.05) is 20.8 Å². The van der Waals surface area contributed by atoms with Gasteiger partial charge in [-0.25, -0.2) is 0 Å². The summed E-state index contributed by atoms with van der Waals surface area (Å²) in [4.78, 5) is 11.9. The molecule has 1 aliphatic rings. The predicted octanol–water partition coefficient (Wildman–Crippen LogP) is 2.72. The van der Waals surface area contributed by atoms with Crippen molar-refractivity contribution in [3.8, 4) is 0 Å². The molecule has 3 N–H and O–H groups in total. The molecule has 0 aliphatic heterocycles. The van der Waals surface area contributed by atoms with Crippen molar-refractivity contribution in [2.45, 2.75) is 59.9 Å². The van der Waals surface area contributed by atoms with Gasteiger partial charge in [0, 0.05) is 6.54 Å². The van der Waals surface area contributed by atoms with Crippen LogP contribution in [-0.2, 0) is 4.79 Å². The van der Waals surface area contributed by atoms with Crippen LogP contribution in [0.5, 0.6) is 0 Å². The van der Waals surface area contributed by atoms with E-state index >= 15 is 0 Å². The Morgan fingerprint density at radius 3 is 2.17 bits per heavy atom. The van der Waals surface area contributed by atoms with Gasteiger partial charge in [-0.15, -0.1) is 12.4 Å². The number of hydrogen-bond donors (Lipinski definition) is 2. The molecule has 1 amide bonds. The molecule has 0 unspecified atom stereocenters. The topological polar surface area (TPSA) is 55.1 Å². The van der Waals surface area contributed by atoms with E-state index in [2.05, 4.69) is 19.2 Å². The molecule has 1 fully saturated rings. The fraction of sp³-hybridized carbons (Fsp3) is 0.929. The second-order valence-corrected chi connectivity index (χ2v) is 7.16. The lowest BCUT2D eigenvalue weighted by Gasteiger charge is -2.27. The Morgan fingerprint density at radius 1 is 1.33 bits per heavy atom. The van der Waals surface area contributed by atoms with Crippen molar-refractivity contribution >= 4 is 18.3 Å². The first-order valence-corrected chi connectivity index (χ1v) is 6.70. The van der Waals surface area contributed by atoms with Crippen LogP contribution in [0, 0.1) is 16.7 Å². The van der Waals surface area contributed by atoms with Crippen LogP contribution in [0.15, 0.2) is 0 Å². The van der Waals surface area contributed by atoms with Gasteiger partial charge < -0.3 is 11.1 Å². The number of carbonyl (C=O) groups is 1. The maximum Gasteiger partial charge on any atom is 0.237 e. The minimum atomic E-state index is -0.419. The summed E-state index contributed by atoms with van der Waals surface area (Å²) in [5.41, 5.74) is 6.14. The average Bonchev–Trinajstić information content (AvgIpc) is 2.91. The SMILES string of the molecule is CC(C)CC1(CNC(=O)[C@@H](N)C(C)(C)C)CC1.Cl. The average molecular weight is 277 g/mol. The molecular weight excluding hydrogens is 248 g/mol. The van der Waals surface area contributed by atoms with Gasteiger partial charge in [-0.3, -0.25) is 4.79 Å². The lowest BCUT2D eigenvalue weighted by atomic mass is 9.86. The highest BCUT2D eigenvalue weighted by Crippen LogP contribution is 2.50. The van der Waals surface area contributed by atoms with Crippen molar-refractivity contribution in [1.29, 1.82) is 0 Å². The van der Waals surface area contributed by atoms with Gasteiger partial charge in [0.1, 0.15) is 0 Å². The van der Waals surface area contributed by atoms with Gasteiger partial charge in [0.2, 0.25) is 5.91 Å². The molecule has 0 radical (unpaired) electrons. The lowest BCUT2D eigenvalue weighted by Crippen LogP contribution is -2.49. The van der Waals surface area contributed by atoms with Crippen LogP contribution < -0.4 is 11.1 Å². The molecule has 0 aromatic heterocycles. The molecule has 4 heteroatoms. The number of rotatable bonds is 5. The molecule has 0 spiro atoms. The zero-order valence-electron chi connectivity index (χ0n) is 12.4. The molecule has 3 nitrogen and oxygen atoms in total. The highest BCUT2D eigenvalue weighted by molar-refractivity contribution is 5.85. The number of nitrogens with one attached hydrogen (secondary N) is 1. The van der Waals surface area contributed by atoms with Gasteiger partial charge in [0.05, 0.1) is 6.04 Å². The molecular formula is C14H29ClN2O. The quantitative estimate of drug-likeness (QED) is 0.811. The summed E-state index contributed by atoms with van der Waals surface area (Å²) in [6, 6.07) is -0.419. The van der Waals surface area contributed by atoms with E-state index in [0.29, 0.717) is 11.3 Å². The van der Waals surface area contributed by atoms with Crippen LogP contribution in [0.25, 0.3) is 0 Å². The zero-order chi connectivity index (χ0) is 13.3. The van der Waals surface area contributed by atoms with E-state index in [-0.39, 0.29) is 23.7 Å². The predicted molar refractivity (Wildman–Crippen MR) is 78.8 cm³/mol. The number of halogens is 1. The maximum absolute atomic E-state index is 11.9. The van der Waals surface area contributed by atoms with Crippen LogP contribution in [-0.4, -0.2) is 18.5 Å². The van der Waals surface area contributed by atoms with Crippen molar-refractivity contribution in [2.24, 2.45) is 22.5 Å². The standard InChI is InChI=1S/C14H28N2O.ClH/c1-10(2)8-14(6-7-14)9-16-12(17)11(15)13(3,4)5;/h10-11H,6-9,15H2,1-5H3,(H,16,17);1H/t11-;/m1./s1. The Labute approximate surface area is 118 Å². The molecule has 108 valence electrons. The summed E-state index contributed by atoms with van der Waals surface area (Å²) in [5.74, 6) is 0.693. The van der Waals surface area contributed by atoms with E-state index in [0.717, 1.165) is 6.54 Å². The first-order chi connectivity index (χ1) is 7.66. The number of amides is 1. The van der Waals surface area contributed by atoms with Gasteiger partial charge in [-0.05, 0) is 36.0 Å². The Hall–Kier alpha value is -0.280. The summed E-state index contributed by atoms with van der Waals surface area (Å²) in [6.45, 7) is 11.3. The van der Waals surface area contributed by atoms with Crippen LogP contribution in [0.2, 0.25) is 0 Å². The minimum absolute atomic E-state index is 0. The molecule has 0 bridgehead atoms. The molecule has 1 saturated carbocycles. The zero-order valence-corrected chi connectivity index (χ0v) is 13.2. The van der Waals surface area contributed by atoms with Gasteiger partial charge in [0.25, 0.3) is 0 Å². The van der Waals surface area contributed by atoms with Gasteiger partial charge in [0.15, 0.2) is 0 Å². The van der Waals surface area contributed by atoms with Gasteiger partial charge in [-0.2, -0.15) is 0 Å². The molecule has 18 heavy (non-hydrogen) atoms. The molecule has 0 aromatic carbocycles. The lowest BCUT2D eigenvalue weighted by molar-refractivity contribution is -0.124. The van der Waals surface area contributed by atoms with E-state index in [1.54, 1.807) is 0 Å². The van der Waals surface area contributed by atoms with Gasteiger partial charge >= 0.3 is 0 Å². The van der Waals surface area contributed by atoms with E-state index < -0.39 is 6.04 Å². The smallest absolute Gasteiger partial charge is 0.237 e. The summed E-state index contributed by atoms with van der Waals surface area (Å²) >= 11 is 0. The number of nitrogens with two attached hydrogens (primary N) is 1. The second kappa shape index (κ2) is 6.25. The van der Waals surface area contributed by atoms with Crippen LogP contribution in [0.1, 0.15) is 53.9 Å². The third kappa shape index (κ3) is 5.15. The maximum atomic E-state index is 11.9. The van der Waals surface area contributed by atoms with Gasteiger partial charge in [-0.1, -0.05) is 34.6 Å². The summed E-state index contributed by atoms with van der Waals surface area (Å²) in [5, 5.41) is 3.03. The number of carbonyl (C=O) groups excluding carboxylic acids is 1. The minimum Gasteiger partial charge on any atom is -0.354 e. The largest absolute Gasteiger partial charge is 0.354 e. The van der Waals surface area contributed by atoms with E-state index in [9.17, 15) is 4.79 Å². The fourth-order valence-electron chi connectivity index (χ4n) is 2.27. The van der Waals surface area contributed by atoms with E-state index in [1.165, 1.54) is 19.3 Å². The van der Waals surface area contributed by atoms with Crippen molar-refractivity contribution < 1.29 is 4.79 Å². The molecule has 0 saturated heterocycles. The van der Waals surface area contributed by atoms with Crippen molar-refractivity contribution in [3.05, 3.63) is 0 Å². The Bertz CT molecular complexity index is 280. The van der Waals surface area contributed by atoms with Crippen molar-refractivity contribution in [2.75, 3.05) is 6.54 Å². The van der Waals surface area contributed by atoms with Crippen LogP contribution >= 0.6 is 12.4 Å². The molecule has 1 rings (SSSR count). The first kappa shape index (κ1) is 17.7. The first-order valence-electron chi connectivity index (χ1n) is 6.70. The second-order valence-electron chi connectivity index (χ2n) is 7.16. The summed E-state index contributed by atoms with van der Waals surface area (Å²) in [7, 11) is 0. The summed E-state index contributed by atoms with van der Waals surface area (Å²) < 4.78 is 0. The molecule has 0 aromatic rings. The summed E-state index contributed by atoms with van der Waals surface area (Å²) in [6.07, 6.45) is 3.70. The molecule has 1 atom stereocenters. The van der Waals surface area contributed by atoms with Crippen molar-refractivity contribution in [3.63, 3.8) is 0 Å². The third-order valence-electron chi connectivity index (χ3n) is 3.65. The molecule has 0 heterocycles. The Morgan fingerprint density at radius 2 is 1.83 bits per heavy atom. The third-order valence-corrected chi connectivity index (χ3v) is 3.65. The van der Waals surface area contributed by atoms with E-state index in [4.69, 9.17) is 5.73 Å². The highest BCUT2D eigenvalue weighted by Gasteiger charge is 2.43. The highest BCUT2D eigenvalue weighted by atomic mass is 35.5. The fourth-order valence-corrected chi connectivity index (χ4v) is 2.27. The normalized spacial score (nSPS) is 19.1. The Balaban J connectivity index is 0.00000289. The Kier molecular flexibility index (Phi) is 6.15. The monoisotopic (exact) mass is 276 g/mol. The van der Waals surface area contributed by atoms with Crippen LogP contribution in [0.3, 0.4) is 0 Å². The molecule has 1 aliphatic carbocycles. The van der Waals surface area contributed by atoms with Crippen molar-refractivity contribution in [1.82, 2.24) is 5.32 Å².